The lowest BCUT2D eigenvalue weighted by Crippen LogP contribution is -1.89. The lowest BCUT2D eigenvalue weighted by atomic mass is 9.87. The maximum absolute atomic E-state index is 2.40. The maximum Gasteiger partial charge on any atom is -0.00143 e. The van der Waals surface area contributed by atoms with Crippen LogP contribution < -0.4 is 0 Å². The first-order valence-electron chi connectivity index (χ1n) is 18.1. The highest BCUT2D eigenvalue weighted by atomic mass is 14.2. The summed E-state index contributed by atoms with van der Waals surface area (Å²) in [5.74, 6) is 0. The summed E-state index contributed by atoms with van der Waals surface area (Å²) in [5, 5.41) is 18.0. The van der Waals surface area contributed by atoms with Gasteiger partial charge in [0.05, 0.1) is 0 Å². The molecule has 0 saturated heterocycles. The van der Waals surface area contributed by atoms with Gasteiger partial charge in [-0.15, -0.1) is 0 Å². The fraction of sp³-hybridized carbons (Fsp3) is 0. The molecular weight excluding hydrogens is 625 g/mol. The Balaban J connectivity index is 1.03. The number of hydrogen-bond acceptors (Lipinski definition) is 0. The summed E-state index contributed by atoms with van der Waals surface area (Å²) in [6.45, 7) is 0. The molecule has 240 valence electrons. The minimum absolute atomic E-state index is 1.23. The highest BCUT2D eigenvalue weighted by Crippen LogP contribution is 2.43. The van der Waals surface area contributed by atoms with E-state index in [0.717, 1.165) is 0 Å². The van der Waals surface area contributed by atoms with E-state index in [2.05, 4.69) is 194 Å². The van der Waals surface area contributed by atoms with Gasteiger partial charge in [0.15, 0.2) is 0 Å². The van der Waals surface area contributed by atoms with E-state index in [0.29, 0.717) is 0 Å². The molecule has 0 amide bonds. The van der Waals surface area contributed by atoms with Crippen LogP contribution in [0.25, 0.3) is 109 Å². The lowest BCUT2D eigenvalue weighted by molar-refractivity contribution is 1.61. The monoisotopic (exact) mass is 656 g/mol. The smallest absolute Gasteiger partial charge is 0.00143 e. The summed E-state index contributed by atoms with van der Waals surface area (Å²) in [6, 6.07) is 71.9. The Labute approximate surface area is 301 Å². The Bertz CT molecular complexity index is 3240. The minimum Gasteiger partial charge on any atom is -0.0616 e. The van der Waals surface area contributed by atoms with Crippen molar-refractivity contribution in [2.75, 3.05) is 0 Å². The standard InChI is InChI=1S/C52H32/c1-2-11-36-28-39(18-16-33(36)8-1)37-12-7-13-38(29-37)40-23-25-45-41(30-40)19-20-42-31-43(24-26-46(42)45)50-32-44-21-17-34-9-3-5-14-47(34)51(44)52-48-15-6-4-10-35(48)22-27-49(50)52/h1-32H. The predicted octanol–water partition coefficient (Wildman–Crippen LogP) is 14.8. The topological polar surface area (TPSA) is 0 Å². The van der Waals surface area contributed by atoms with E-state index in [1.54, 1.807) is 0 Å². The summed E-state index contributed by atoms with van der Waals surface area (Å²) < 4.78 is 0. The molecule has 0 heterocycles. The van der Waals surface area contributed by atoms with E-state index in [-0.39, 0.29) is 0 Å². The van der Waals surface area contributed by atoms with Gasteiger partial charge >= 0.3 is 0 Å². The summed E-state index contributed by atoms with van der Waals surface area (Å²) in [6.07, 6.45) is 0. The molecule has 0 aliphatic carbocycles. The van der Waals surface area contributed by atoms with Crippen LogP contribution in [0.15, 0.2) is 194 Å². The van der Waals surface area contributed by atoms with Crippen LogP contribution >= 0.6 is 0 Å². The van der Waals surface area contributed by atoms with Crippen molar-refractivity contribution >= 4 is 75.4 Å². The first-order chi connectivity index (χ1) is 25.7. The molecule has 0 radical (unpaired) electrons. The molecular formula is C52H32. The van der Waals surface area contributed by atoms with Crippen molar-refractivity contribution in [3.8, 4) is 33.4 Å². The quantitative estimate of drug-likeness (QED) is 0.166. The van der Waals surface area contributed by atoms with Gasteiger partial charge in [-0.25, -0.2) is 0 Å². The van der Waals surface area contributed by atoms with Gasteiger partial charge in [0.2, 0.25) is 0 Å². The fourth-order valence-corrected chi connectivity index (χ4v) is 8.59. The molecule has 0 aliphatic heterocycles. The molecule has 0 spiro atoms. The zero-order valence-electron chi connectivity index (χ0n) is 28.5. The van der Waals surface area contributed by atoms with Gasteiger partial charge in [-0.05, 0) is 139 Å². The lowest BCUT2D eigenvalue weighted by Gasteiger charge is -2.16. The van der Waals surface area contributed by atoms with Gasteiger partial charge in [-0.3, -0.25) is 0 Å². The van der Waals surface area contributed by atoms with E-state index < -0.39 is 0 Å². The second kappa shape index (κ2) is 11.4. The third kappa shape index (κ3) is 4.55. The normalized spacial score (nSPS) is 11.8. The van der Waals surface area contributed by atoms with Gasteiger partial charge in [0.1, 0.15) is 0 Å². The molecule has 0 fully saturated rings. The third-order valence-corrected chi connectivity index (χ3v) is 11.2. The van der Waals surface area contributed by atoms with Crippen molar-refractivity contribution < 1.29 is 0 Å². The van der Waals surface area contributed by atoms with Gasteiger partial charge in [-0.2, -0.15) is 0 Å². The van der Waals surface area contributed by atoms with E-state index in [1.165, 1.54) is 109 Å². The van der Waals surface area contributed by atoms with Gasteiger partial charge < -0.3 is 0 Å². The van der Waals surface area contributed by atoms with E-state index in [4.69, 9.17) is 0 Å². The molecule has 52 heavy (non-hydrogen) atoms. The zero-order valence-corrected chi connectivity index (χ0v) is 28.5. The first kappa shape index (κ1) is 29.0. The van der Waals surface area contributed by atoms with Crippen molar-refractivity contribution in [1.82, 2.24) is 0 Å². The Morgan fingerprint density at radius 1 is 0.192 bits per heavy atom. The van der Waals surface area contributed by atoms with Crippen LogP contribution in [-0.4, -0.2) is 0 Å². The first-order valence-corrected chi connectivity index (χ1v) is 18.1. The van der Waals surface area contributed by atoms with Crippen LogP contribution in [0.5, 0.6) is 0 Å². The van der Waals surface area contributed by atoms with Crippen LogP contribution in [0.1, 0.15) is 0 Å². The third-order valence-electron chi connectivity index (χ3n) is 11.2. The molecule has 0 heteroatoms. The average molecular weight is 657 g/mol. The number of rotatable bonds is 3. The Kier molecular flexibility index (Phi) is 6.35. The molecule has 0 nitrogen and oxygen atoms in total. The highest BCUT2D eigenvalue weighted by molar-refractivity contribution is 6.30. The largest absolute Gasteiger partial charge is 0.0616 e. The van der Waals surface area contributed by atoms with Crippen molar-refractivity contribution in [3.63, 3.8) is 0 Å². The Morgan fingerprint density at radius 3 is 1.38 bits per heavy atom. The van der Waals surface area contributed by atoms with Gasteiger partial charge in [0.25, 0.3) is 0 Å². The van der Waals surface area contributed by atoms with Crippen molar-refractivity contribution in [3.05, 3.63) is 194 Å². The van der Waals surface area contributed by atoms with Crippen molar-refractivity contribution in [2.24, 2.45) is 0 Å². The van der Waals surface area contributed by atoms with Crippen molar-refractivity contribution in [2.45, 2.75) is 0 Å². The maximum atomic E-state index is 2.40. The molecule has 11 aromatic carbocycles. The Morgan fingerprint density at radius 2 is 0.654 bits per heavy atom. The SMILES string of the molecule is c1cc(-c2ccc3ccccc3c2)cc(-c2ccc3c(ccc4cc(-c5cc6ccc7ccccc7c6c6c5ccc5ccccc56)ccc43)c2)c1. The van der Waals surface area contributed by atoms with Crippen LogP contribution in [0.3, 0.4) is 0 Å². The Hall–Kier alpha value is -6.76. The number of fused-ring (bicyclic) bond motifs is 11. The molecule has 0 atom stereocenters. The second-order valence-corrected chi connectivity index (χ2v) is 14.1. The van der Waals surface area contributed by atoms with E-state index in [9.17, 15) is 0 Å². The van der Waals surface area contributed by atoms with Crippen LogP contribution in [0.2, 0.25) is 0 Å². The fourth-order valence-electron chi connectivity index (χ4n) is 8.59. The summed E-state index contributed by atoms with van der Waals surface area (Å²) in [7, 11) is 0. The molecule has 0 aliphatic rings. The van der Waals surface area contributed by atoms with Gasteiger partial charge in [-0.1, -0.05) is 164 Å². The van der Waals surface area contributed by atoms with Gasteiger partial charge in [0, 0.05) is 0 Å². The molecule has 0 saturated carbocycles. The van der Waals surface area contributed by atoms with E-state index >= 15 is 0 Å². The average Bonchev–Trinajstić information content (AvgIpc) is 3.22. The zero-order chi connectivity index (χ0) is 34.2. The van der Waals surface area contributed by atoms with Crippen molar-refractivity contribution in [1.29, 1.82) is 0 Å². The van der Waals surface area contributed by atoms with Crippen LogP contribution in [0.4, 0.5) is 0 Å². The van der Waals surface area contributed by atoms with Crippen LogP contribution in [-0.2, 0) is 0 Å². The van der Waals surface area contributed by atoms with Crippen LogP contribution in [0, 0.1) is 0 Å². The summed E-state index contributed by atoms with van der Waals surface area (Å²) in [4.78, 5) is 0. The molecule has 0 N–H and O–H groups in total. The minimum atomic E-state index is 1.23. The number of hydrogen-bond donors (Lipinski definition) is 0. The summed E-state index contributed by atoms with van der Waals surface area (Å²) in [5.41, 5.74) is 7.44. The molecule has 11 aromatic rings. The summed E-state index contributed by atoms with van der Waals surface area (Å²) >= 11 is 0. The molecule has 0 bridgehead atoms. The predicted molar refractivity (Wildman–Crippen MR) is 225 cm³/mol. The molecule has 0 aromatic heterocycles. The number of benzene rings is 11. The molecule has 11 rings (SSSR count). The highest BCUT2D eigenvalue weighted by Gasteiger charge is 2.15. The molecule has 0 unspecified atom stereocenters. The van der Waals surface area contributed by atoms with E-state index in [1.807, 2.05) is 0 Å². The second-order valence-electron chi connectivity index (χ2n) is 14.1.